The lowest BCUT2D eigenvalue weighted by Crippen LogP contribution is -2.24. The number of hydrogen-bond acceptors (Lipinski definition) is 3. The molecule has 0 unspecified atom stereocenters. The van der Waals surface area contributed by atoms with Gasteiger partial charge in [-0.05, 0) is 59.5 Å². The molecule has 5 nitrogen and oxygen atoms in total. The topological polar surface area (TPSA) is 78.0 Å². The summed E-state index contributed by atoms with van der Waals surface area (Å²) >= 11 is 3.18. The summed E-state index contributed by atoms with van der Waals surface area (Å²) in [5, 5.41) is 19.2. The van der Waals surface area contributed by atoms with Gasteiger partial charge in [0.2, 0.25) is 0 Å². The van der Waals surface area contributed by atoms with Gasteiger partial charge in [-0.15, -0.1) is 0 Å². The maximum atomic E-state index is 11.9. The Morgan fingerprint density at radius 3 is 2.95 bits per heavy atom. The van der Waals surface area contributed by atoms with Crippen LogP contribution in [0.25, 0.3) is 0 Å². The van der Waals surface area contributed by atoms with Gasteiger partial charge in [0.15, 0.2) is 0 Å². The molecule has 0 saturated carbocycles. The van der Waals surface area contributed by atoms with Gasteiger partial charge >= 0.3 is 0 Å². The first-order valence-electron chi connectivity index (χ1n) is 6.33. The molecule has 0 spiro atoms. The number of hydrogen-bond donors (Lipinski definition) is 3. The molecule has 0 radical (unpaired) electrons. The highest BCUT2D eigenvalue weighted by molar-refractivity contribution is 9.10. The number of amides is 1. The second kappa shape index (κ2) is 6.56. The first-order valence-corrected chi connectivity index (χ1v) is 7.13. The van der Waals surface area contributed by atoms with E-state index in [1.165, 1.54) is 11.6 Å². The molecular weight excluding hydrogens is 322 g/mol. The first-order chi connectivity index (χ1) is 9.58. The fourth-order valence-corrected chi connectivity index (χ4v) is 2.11. The molecule has 1 amide bonds. The molecule has 106 valence electrons. The maximum absolute atomic E-state index is 11.9. The number of aryl methyl sites for hydroxylation is 2. The molecule has 0 fully saturated rings. The van der Waals surface area contributed by atoms with E-state index in [0.717, 1.165) is 18.5 Å². The summed E-state index contributed by atoms with van der Waals surface area (Å²) in [6.45, 7) is 2.56. The number of nitrogens with one attached hydrogen (secondary N) is 2. The molecule has 0 bridgehead atoms. The molecule has 2 aromatic rings. The quantitative estimate of drug-likeness (QED) is 0.733. The van der Waals surface area contributed by atoms with Gasteiger partial charge in [-0.25, -0.2) is 0 Å². The van der Waals surface area contributed by atoms with Crippen molar-refractivity contribution in [3.8, 4) is 5.75 Å². The third kappa shape index (κ3) is 3.60. The van der Waals surface area contributed by atoms with Crippen LogP contribution in [0.3, 0.4) is 0 Å². The smallest absolute Gasteiger partial charge is 0.251 e. The molecule has 1 aromatic carbocycles. The Hall–Kier alpha value is -1.82. The molecule has 0 aliphatic heterocycles. The van der Waals surface area contributed by atoms with E-state index in [1.54, 1.807) is 12.1 Å². The average molecular weight is 338 g/mol. The number of carbonyl (C=O) groups is 1. The Morgan fingerprint density at radius 1 is 1.50 bits per heavy atom. The SMILES string of the molecule is Cc1[nH]ncc1CCCNC(=O)c1ccc(Br)c(O)c1. The lowest BCUT2D eigenvalue weighted by atomic mass is 10.1. The number of aromatic hydroxyl groups is 1. The Bertz CT molecular complexity index is 610. The van der Waals surface area contributed by atoms with E-state index < -0.39 is 0 Å². The van der Waals surface area contributed by atoms with Gasteiger partial charge < -0.3 is 10.4 Å². The number of aromatic amines is 1. The van der Waals surface area contributed by atoms with Crippen LogP contribution in [-0.4, -0.2) is 27.8 Å². The second-order valence-electron chi connectivity index (χ2n) is 4.55. The number of halogens is 1. The number of rotatable bonds is 5. The molecule has 20 heavy (non-hydrogen) atoms. The lowest BCUT2D eigenvalue weighted by molar-refractivity contribution is 0.0953. The highest BCUT2D eigenvalue weighted by atomic mass is 79.9. The van der Waals surface area contributed by atoms with E-state index in [-0.39, 0.29) is 11.7 Å². The normalized spacial score (nSPS) is 10.5. The highest BCUT2D eigenvalue weighted by Gasteiger charge is 2.08. The Kier molecular flexibility index (Phi) is 4.79. The fraction of sp³-hybridized carbons (Fsp3) is 0.286. The summed E-state index contributed by atoms with van der Waals surface area (Å²) in [6.07, 6.45) is 3.52. The monoisotopic (exact) mass is 337 g/mol. The molecule has 0 aliphatic rings. The average Bonchev–Trinajstić information content (AvgIpc) is 2.83. The zero-order valence-electron chi connectivity index (χ0n) is 11.1. The third-order valence-corrected chi connectivity index (χ3v) is 3.72. The number of phenols is 1. The van der Waals surface area contributed by atoms with Crippen LogP contribution in [0, 0.1) is 6.92 Å². The first kappa shape index (κ1) is 14.6. The fourth-order valence-electron chi connectivity index (χ4n) is 1.86. The molecule has 0 aliphatic carbocycles. The Morgan fingerprint density at radius 2 is 2.30 bits per heavy atom. The van der Waals surface area contributed by atoms with E-state index >= 15 is 0 Å². The van der Waals surface area contributed by atoms with Gasteiger partial charge in [0.05, 0.1) is 10.7 Å². The summed E-state index contributed by atoms with van der Waals surface area (Å²) in [4.78, 5) is 11.9. The molecule has 6 heteroatoms. The Balaban J connectivity index is 1.80. The predicted octanol–water partition coefficient (Wildman–Crippen LogP) is 2.55. The van der Waals surface area contributed by atoms with E-state index in [4.69, 9.17) is 0 Å². The molecule has 2 rings (SSSR count). The van der Waals surface area contributed by atoms with Crippen LogP contribution in [-0.2, 0) is 6.42 Å². The molecule has 1 heterocycles. The minimum absolute atomic E-state index is 0.0617. The Labute approximate surface area is 125 Å². The van der Waals surface area contributed by atoms with Crippen molar-refractivity contribution in [1.82, 2.24) is 15.5 Å². The number of H-pyrrole nitrogens is 1. The zero-order chi connectivity index (χ0) is 14.5. The van der Waals surface area contributed by atoms with Gasteiger partial charge in [-0.1, -0.05) is 0 Å². The van der Waals surface area contributed by atoms with Gasteiger partial charge in [0, 0.05) is 17.8 Å². The van der Waals surface area contributed by atoms with E-state index in [9.17, 15) is 9.90 Å². The molecule has 3 N–H and O–H groups in total. The van der Waals surface area contributed by atoms with Gasteiger partial charge in [0.25, 0.3) is 5.91 Å². The second-order valence-corrected chi connectivity index (χ2v) is 5.40. The minimum atomic E-state index is -0.184. The minimum Gasteiger partial charge on any atom is -0.507 e. The summed E-state index contributed by atoms with van der Waals surface area (Å²) < 4.78 is 0.574. The predicted molar refractivity (Wildman–Crippen MR) is 79.8 cm³/mol. The molecular formula is C14H16BrN3O2. The van der Waals surface area contributed by atoms with Crippen LogP contribution in [0.4, 0.5) is 0 Å². The zero-order valence-corrected chi connectivity index (χ0v) is 12.7. The van der Waals surface area contributed by atoms with E-state index in [2.05, 4.69) is 31.4 Å². The van der Waals surface area contributed by atoms with Gasteiger partial charge in [-0.3, -0.25) is 9.89 Å². The van der Waals surface area contributed by atoms with Crippen molar-refractivity contribution in [1.29, 1.82) is 0 Å². The molecule has 0 saturated heterocycles. The largest absolute Gasteiger partial charge is 0.507 e. The van der Waals surface area contributed by atoms with Gasteiger partial charge in [-0.2, -0.15) is 5.10 Å². The third-order valence-electron chi connectivity index (χ3n) is 3.05. The van der Waals surface area contributed by atoms with Crippen molar-refractivity contribution in [3.63, 3.8) is 0 Å². The van der Waals surface area contributed by atoms with Crippen LogP contribution < -0.4 is 5.32 Å². The number of benzene rings is 1. The summed E-state index contributed by atoms with van der Waals surface area (Å²) in [5.74, 6) is -0.122. The summed E-state index contributed by atoms with van der Waals surface area (Å²) in [5.41, 5.74) is 2.68. The standard InChI is InChI=1S/C14H16BrN3O2/c1-9-11(8-17-18-9)3-2-6-16-14(20)10-4-5-12(15)13(19)7-10/h4-5,7-8,19H,2-3,6H2,1H3,(H,16,20)(H,17,18). The summed E-state index contributed by atoms with van der Waals surface area (Å²) in [7, 11) is 0. The van der Waals surface area contributed by atoms with Crippen molar-refractivity contribution in [2.75, 3.05) is 6.54 Å². The van der Waals surface area contributed by atoms with Crippen molar-refractivity contribution < 1.29 is 9.90 Å². The number of carbonyl (C=O) groups excluding carboxylic acids is 1. The maximum Gasteiger partial charge on any atom is 0.251 e. The lowest BCUT2D eigenvalue weighted by Gasteiger charge is -2.06. The van der Waals surface area contributed by atoms with Crippen molar-refractivity contribution >= 4 is 21.8 Å². The number of phenolic OH excluding ortho intramolecular Hbond substituents is 1. The summed E-state index contributed by atoms with van der Waals surface area (Å²) in [6, 6.07) is 4.76. The van der Waals surface area contributed by atoms with Crippen LogP contribution in [0.2, 0.25) is 0 Å². The van der Waals surface area contributed by atoms with Crippen molar-refractivity contribution in [2.24, 2.45) is 0 Å². The van der Waals surface area contributed by atoms with E-state index in [0.29, 0.717) is 16.6 Å². The van der Waals surface area contributed by atoms with Gasteiger partial charge in [0.1, 0.15) is 5.75 Å². The van der Waals surface area contributed by atoms with E-state index in [1.807, 2.05) is 13.1 Å². The number of aromatic nitrogens is 2. The molecule has 0 atom stereocenters. The molecule has 1 aromatic heterocycles. The van der Waals surface area contributed by atoms with Crippen molar-refractivity contribution in [2.45, 2.75) is 19.8 Å². The number of nitrogens with zero attached hydrogens (tertiary/aromatic N) is 1. The van der Waals surface area contributed by atoms with Crippen LogP contribution in [0.1, 0.15) is 28.0 Å². The van der Waals surface area contributed by atoms with Crippen LogP contribution >= 0.6 is 15.9 Å². The van der Waals surface area contributed by atoms with Crippen LogP contribution in [0.5, 0.6) is 5.75 Å². The highest BCUT2D eigenvalue weighted by Crippen LogP contribution is 2.24. The van der Waals surface area contributed by atoms with Crippen LogP contribution in [0.15, 0.2) is 28.9 Å². The van der Waals surface area contributed by atoms with Crippen molar-refractivity contribution in [3.05, 3.63) is 45.7 Å².